The second kappa shape index (κ2) is 12.7. The SMILES string of the molecule is CC(C)c1ccc(N2CC(CC[SH](=O)=O)C2)c2cnc(Nc3ccnc(N(C)CCc4cccc(O)c4C=O)n3)cc12. The summed E-state index contributed by atoms with van der Waals surface area (Å²) < 4.78 is 22.0. The summed E-state index contributed by atoms with van der Waals surface area (Å²) in [5.74, 6) is 2.74. The second-order valence-electron chi connectivity index (χ2n) is 11.1. The lowest BCUT2D eigenvalue weighted by molar-refractivity contribution is 0.112. The number of rotatable bonds is 12. The number of nitrogens with one attached hydrogen (secondary N) is 1. The number of hydrogen-bond donors (Lipinski definition) is 3. The molecule has 2 aromatic carbocycles. The average Bonchev–Trinajstić information content (AvgIpc) is 2.94. The van der Waals surface area contributed by atoms with Crippen LogP contribution in [0.1, 0.15) is 47.7 Å². The summed E-state index contributed by atoms with van der Waals surface area (Å²) in [6.07, 6.45) is 5.51. The molecule has 42 heavy (non-hydrogen) atoms. The highest BCUT2D eigenvalue weighted by Crippen LogP contribution is 2.37. The number of aromatic hydroxyl groups is 1. The first-order valence-electron chi connectivity index (χ1n) is 14.1. The third-order valence-electron chi connectivity index (χ3n) is 7.80. The quantitative estimate of drug-likeness (QED) is 0.160. The van der Waals surface area contributed by atoms with Crippen molar-refractivity contribution in [3.05, 3.63) is 71.5 Å². The van der Waals surface area contributed by atoms with Gasteiger partial charge in [-0.05, 0) is 65.5 Å². The topological polar surface area (TPSA) is 129 Å². The van der Waals surface area contributed by atoms with Gasteiger partial charge in [-0.1, -0.05) is 32.0 Å². The van der Waals surface area contributed by atoms with Gasteiger partial charge in [-0.25, -0.2) is 18.4 Å². The highest BCUT2D eigenvalue weighted by atomic mass is 32.2. The molecule has 3 heterocycles. The van der Waals surface area contributed by atoms with E-state index in [-0.39, 0.29) is 11.5 Å². The number of fused-ring (bicyclic) bond motifs is 1. The predicted molar refractivity (Wildman–Crippen MR) is 167 cm³/mol. The fourth-order valence-electron chi connectivity index (χ4n) is 5.41. The van der Waals surface area contributed by atoms with Crippen LogP contribution in [0.3, 0.4) is 0 Å². The van der Waals surface area contributed by atoms with Crippen LogP contribution >= 0.6 is 0 Å². The van der Waals surface area contributed by atoms with E-state index in [0.717, 1.165) is 35.1 Å². The molecule has 0 radical (unpaired) electrons. The molecular formula is C31H36N6O4S. The first-order chi connectivity index (χ1) is 20.2. The number of carbonyl (C=O) groups is 1. The molecule has 11 heteroatoms. The van der Waals surface area contributed by atoms with E-state index < -0.39 is 10.7 Å². The van der Waals surface area contributed by atoms with Crippen molar-refractivity contribution >= 4 is 51.0 Å². The van der Waals surface area contributed by atoms with E-state index in [0.29, 0.717) is 60.7 Å². The third-order valence-corrected chi connectivity index (χ3v) is 8.42. The smallest absolute Gasteiger partial charge is 0.227 e. The Morgan fingerprint density at radius 2 is 1.93 bits per heavy atom. The van der Waals surface area contributed by atoms with Gasteiger partial charge in [-0.15, -0.1) is 0 Å². The highest BCUT2D eigenvalue weighted by Gasteiger charge is 2.28. The second-order valence-corrected chi connectivity index (χ2v) is 12.2. The van der Waals surface area contributed by atoms with Crippen LogP contribution in [0.5, 0.6) is 5.75 Å². The van der Waals surface area contributed by atoms with E-state index in [1.165, 1.54) is 11.6 Å². The Labute approximate surface area is 247 Å². The fraction of sp³-hybridized carbons (Fsp3) is 0.355. The van der Waals surface area contributed by atoms with Crippen molar-refractivity contribution in [1.82, 2.24) is 15.0 Å². The van der Waals surface area contributed by atoms with Crippen molar-refractivity contribution in [2.45, 2.75) is 32.6 Å². The first-order valence-corrected chi connectivity index (χ1v) is 15.5. The standard InChI is InChI=1S/C31H36N6O4S/c1-20(2)23-7-8-27(37-17-21(18-37)11-14-42(40)41)25-16-33-30(15-24(23)25)34-29-9-12-32-31(35-29)36(3)13-10-22-5-4-6-28(39)26(22)19-38/h4-9,12,15-16,19-21,39,42H,10-11,13-14,17-18H2,1-3H3,(H,32,33,34,35). The van der Waals surface area contributed by atoms with Gasteiger partial charge in [-0.3, -0.25) is 4.79 Å². The molecule has 4 aromatic rings. The van der Waals surface area contributed by atoms with Gasteiger partial charge in [0.25, 0.3) is 0 Å². The van der Waals surface area contributed by atoms with E-state index in [1.54, 1.807) is 18.3 Å². The normalized spacial score (nSPS) is 13.5. The van der Waals surface area contributed by atoms with Crippen LogP contribution in [0, 0.1) is 5.92 Å². The summed E-state index contributed by atoms with van der Waals surface area (Å²) in [7, 11) is -0.443. The first kappa shape index (κ1) is 29.2. The van der Waals surface area contributed by atoms with Gasteiger partial charge in [0.2, 0.25) is 5.95 Å². The van der Waals surface area contributed by atoms with Crippen molar-refractivity contribution in [2.75, 3.05) is 47.6 Å². The Balaban J connectivity index is 1.32. The summed E-state index contributed by atoms with van der Waals surface area (Å²) in [5.41, 5.74) is 3.41. The van der Waals surface area contributed by atoms with Gasteiger partial charge >= 0.3 is 0 Å². The number of thiol groups is 1. The zero-order valence-corrected chi connectivity index (χ0v) is 24.9. The number of nitrogens with zero attached hydrogens (tertiary/aromatic N) is 5. The van der Waals surface area contributed by atoms with Gasteiger partial charge in [-0.2, -0.15) is 4.98 Å². The fourth-order valence-corrected chi connectivity index (χ4v) is 5.98. The number of carbonyl (C=O) groups excluding carboxylic acids is 1. The van der Waals surface area contributed by atoms with Crippen LogP contribution in [-0.4, -0.2) is 67.2 Å². The van der Waals surface area contributed by atoms with Crippen molar-refractivity contribution in [1.29, 1.82) is 0 Å². The van der Waals surface area contributed by atoms with Gasteiger partial charge in [0.05, 0.1) is 5.56 Å². The molecule has 10 nitrogen and oxygen atoms in total. The van der Waals surface area contributed by atoms with Gasteiger partial charge in [0.15, 0.2) is 6.29 Å². The molecule has 1 aliphatic rings. The van der Waals surface area contributed by atoms with E-state index in [1.807, 2.05) is 24.2 Å². The molecule has 0 bridgehead atoms. The van der Waals surface area contributed by atoms with E-state index in [9.17, 15) is 18.3 Å². The number of likely N-dealkylation sites (N-methyl/N-ethyl adjacent to an activating group) is 1. The number of phenolic OH excluding ortho intramolecular Hbond substituents is 1. The Morgan fingerprint density at radius 1 is 1.12 bits per heavy atom. The van der Waals surface area contributed by atoms with E-state index >= 15 is 0 Å². The number of aldehydes is 1. The summed E-state index contributed by atoms with van der Waals surface area (Å²) in [4.78, 5) is 29.4. The Hall–Kier alpha value is -4.25. The Morgan fingerprint density at radius 3 is 2.67 bits per heavy atom. The van der Waals surface area contributed by atoms with Crippen LogP contribution < -0.4 is 15.1 Å². The molecule has 1 saturated heterocycles. The van der Waals surface area contributed by atoms with Crippen LogP contribution in [0.25, 0.3) is 10.8 Å². The largest absolute Gasteiger partial charge is 0.507 e. The van der Waals surface area contributed by atoms with Crippen molar-refractivity contribution in [3.8, 4) is 5.75 Å². The minimum absolute atomic E-state index is 0.0211. The number of hydrogen-bond acceptors (Lipinski definition) is 10. The monoisotopic (exact) mass is 588 g/mol. The Bertz CT molecular complexity index is 1660. The summed E-state index contributed by atoms with van der Waals surface area (Å²) in [5, 5.41) is 15.5. The van der Waals surface area contributed by atoms with Crippen LogP contribution in [0.4, 0.5) is 23.3 Å². The van der Waals surface area contributed by atoms with Crippen LogP contribution in [0.2, 0.25) is 0 Å². The van der Waals surface area contributed by atoms with Crippen LogP contribution in [0.15, 0.2) is 54.9 Å². The minimum atomic E-state index is -2.33. The number of pyridine rings is 1. The molecule has 220 valence electrons. The number of aromatic nitrogens is 3. The minimum Gasteiger partial charge on any atom is -0.507 e. The van der Waals surface area contributed by atoms with Gasteiger partial charge in [0.1, 0.15) is 28.1 Å². The zero-order valence-electron chi connectivity index (χ0n) is 24.0. The predicted octanol–water partition coefficient (Wildman–Crippen LogP) is 4.53. The highest BCUT2D eigenvalue weighted by molar-refractivity contribution is 7.72. The Kier molecular flexibility index (Phi) is 8.86. The third kappa shape index (κ3) is 6.46. The lowest BCUT2D eigenvalue weighted by atomic mass is 9.92. The maximum atomic E-state index is 11.4. The molecule has 0 aliphatic carbocycles. The maximum absolute atomic E-state index is 11.4. The average molecular weight is 589 g/mol. The molecule has 2 aromatic heterocycles. The van der Waals surface area contributed by atoms with Gasteiger partial charge in [0, 0.05) is 55.9 Å². The molecule has 0 atom stereocenters. The van der Waals surface area contributed by atoms with E-state index in [4.69, 9.17) is 4.98 Å². The van der Waals surface area contributed by atoms with Gasteiger partial charge < -0.3 is 20.2 Å². The summed E-state index contributed by atoms with van der Waals surface area (Å²) in [6, 6.07) is 13.2. The summed E-state index contributed by atoms with van der Waals surface area (Å²) >= 11 is 0. The van der Waals surface area contributed by atoms with Crippen LogP contribution in [-0.2, 0) is 17.1 Å². The van der Waals surface area contributed by atoms with Crippen molar-refractivity contribution < 1.29 is 18.3 Å². The molecule has 0 spiro atoms. The molecular weight excluding hydrogens is 552 g/mol. The lowest BCUT2D eigenvalue weighted by Crippen LogP contribution is -2.47. The zero-order chi connectivity index (χ0) is 29.8. The lowest BCUT2D eigenvalue weighted by Gasteiger charge is -2.41. The molecule has 1 fully saturated rings. The molecule has 0 unspecified atom stereocenters. The number of phenols is 1. The molecule has 0 saturated carbocycles. The molecule has 0 amide bonds. The number of anilines is 4. The number of benzene rings is 2. The summed E-state index contributed by atoms with van der Waals surface area (Å²) in [6.45, 7) is 6.59. The molecule has 5 rings (SSSR count). The molecule has 2 N–H and O–H groups in total. The van der Waals surface area contributed by atoms with E-state index in [2.05, 4.69) is 52.2 Å². The maximum Gasteiger partial charge on any atom is 0.227 e. The van der Waals surface area contributed by atoms with Crippen molar-refractivity contribution in [2.24, 2.45) is 5.92 Å². The molecule has 1 aliphatic heterocycles. The van der Waals surface area contributed by atoms with Crippen molar-refractivity contribution in [3.63, 3.8) is 0 Å².